The number of piperazine rings is 1. The number of anilines is 3. The van der Waals surface area contributed by atoms with Gasteiger partial charge in [-0.25, -0.2) is 9.97 Å². The van der Waals surface area contributed by atoms with Crippen LogP contribution in [0.5, 0.6) is 0 Å². The van der Waals surface area contributed by atoms with Gasteiger partial charge >= 0.3 is 0 Å². The van der Waals surface area contributed by atoms with Crippen LogP contribution in [0.2, 0.25) is 0 Å². The molecule has 3 aromatic heterocycles. The molecular weight excluding hydrogens is 408 g/mol. The fourth-order valence-electron chi connectivity index (χ4n) is 3.52. The fraction of sp³-hybridized carbons (Fsp3) is 0.364. The molecule has 1 amide bonds. The first kappa shape index (κ1) is 21.4. The van der Waals surface area contributed by atoms with E-state index in [9.17, 15) is 9.59 Å². The molecule has 10 heteroatoms. The van der Waals surface area contributed by atoms with Crippen LogP contribution in [0.4, 0.5) is 17.5 Å². The van der Waals surface area contributed by atoms with Crippen LogP contribution in [0.25, 0.3) is 0 Å². The summed E-state index contributed by atoms with van der Waals surface area (Å²) in [4.78, 5) is 37.3. The normalized spacial score (nSPS) is 13.8. The molecule has 0 radical (unpaired) electrons. The van der Waals surface area contributed by atoms with Gasteiger partial charge in [-0.2, -0.15) is 0 Å². The molecular formula is C22H26N8O2. The number of aromatic nitrogens is 5. The van der Waals surface area contributed by atoms with E-state index in [4.69, 9.17) is 0 Å². The molecule has 1 N–H and O–H groups in total. The summed E-state index contributed by atoms with van der Waals surface area (Å²) in [6.45, 7) is 7.92. The first-order valence-corrected chi connectivity index (χ1v) is 10.5. The number of aryl methyl sites for hydroxylation is 2. The van der Waals surface area contributed by atoms with E-state index in [0.717, 1.165) is 17.2 Å². The topological polar surface area (TPSA) is 109 Å². The van der Waals surface area contributed by atoms with E-state index in [1.54, 1.807) is 24.9 Å². The molecule has 0 saturated carbocycles. The maximum absolute atomic E-state index is 12.7. The average molecular weight is 435 g/mol. The van der Waals surface area contributed by atoms with Crippen molar-refractivity contribution >= 4 is 23.4 Å². The Balaban J connectivity index is 1.33. The van der Waals surface area contributed by atoms with Gasteiger partial charge in [0.2, 0.25) is 5.91 Å². The van der Waals surface area contributed by atoms with Crippen molar-refractivity contribution in [1.29, 1.82) is 0 Å². The van der Waals surface area contributed by atoms with Crippen molar-refractivity contribution in [2.24, 2.45) is 0 Å². The van der Waals surface area contributed by atoms with E-state index in [2.05, 4.69) is 30.4 Å². The Labute approximate surface area is 185 Å². The minimum Gasteiger partial charge on any atom is -0.352 e. The third-order valence-corrected chi connectivity index (χ3v) is 5.60. The number of pyridine rings is 1. The van der Waals surface area contributed by atoms with Gasteiger partial charge in [-0.3, -0.25) is 14.2 Å². The summed E-state index contributed by atoms with van der Waals surface area (Å²) in [6.07, 6.45) is 3.18. The Hall–Kier alpha value is -3.82. The highest BCUT2D eigenvalue weighted by Crippen LogP contribution is 2.17. The summed E-state index contributed by atoms with van der Waals surface area (Å²) in [5.41, 5.74) is 2.19. The first-order chi connectivity index (χ1) is 15.4. The standard InChI is InChI=1S/C22H26N8O2/c1-15-6-7-23-19(12-15)25-18-4-5-20(27-26-18)28-8-10-29(11-9-28)21(31)13-30-14-24-17(3)16(2)22(30)32/h4-7,12,14H,8-11,13H2,1-3H3,(H,23,25,26). The summed E-state index contributed by atoms with van der Waals surface area (Å²) in [7, 11) is 0. The summed E-state index contributed by atoms with van der Waals surface area (Å²) in [6, 6.07) is 7.64. The molecule has 32 heavy (non-hydrogen) atoms. The van der Waals surface area contributed by atoms with Crippen LogP contribution < -0.4 is 15.8 Å². The molecule has 10 nitrogen and oxygen atoms in total. The van der Waals surface area contributed by atoms with Crippen LogP contribution in [0.3, 0.4) is 0 Å². The molecule has 0 bridgehead atoms. The number of hydrogen-bond acceptors (Lipinski definition) is 8. The molecule has 1 aliphatic heterocycles. The predicted octanol–water partition coefficient (Wildman–Crippen LogP) is 1.45. The van der Waals surface area contributed by atoms with Crippen LogP contribution in [-0.2, 0) is 11.3 Å². The number of nitrogens with zero attached hydrogens (tertiary/aromatic N) is 7. The van der Waals surface area contributed by atoms with Gasteiger partial charge in [0, 0.05) is 43.6 Å². The largest absolute Gasteiger partial charge is 0.352 e. The summed E-state index contributed by atoms with van der Waals surface area (Å²) < 4.78 is 1.37. The molecule has 1 aliphatic rings. The SMILES string of the molecule is Cc1ccnc(Nc2ccc(N3CCN(C(=O)Cn4cnc(C)c(C)c4=O)CC3)nn2)c1. The first-order valence-electron chi connectivity index (χ1n) is 10.5. The van der Waals surface area contributed by atoms with E-state index < -0.39 is 0 Å². The van der Waals surface area contributed by atoms with E-state index in [1.807, 2.05) is 31.2 Å². The van der Waals surface area contributed by atoms with Crippen molar-refractivity contribution in [3.63, 3.8) is 0 Å². The number of nitrogens with one attached hydrogen (secondary N) is 1. The van der Waals surface area contributed by atoms with Gasteiger partial charge in [-0.1, -0.05) is 0 Å². The minimum atomic E-state index is -0.172. The van der Waals surface area contributed by atoms with Gasteiger partial charge in [-0.05, 0) is 50.6 Å². The zero-order valence-electron chi connectivity index (χ0n) is 18.4. The third kappa shape index (κ3) is 4.74. The molecule has 166 valence electrons. The lowest BCUT2D eigenvalue weighted by atomic mass is 10.2. The Bertz CT molecular complexity index is 1170. The summed E-state index contributed by atoms with van der Waals surface area (Å²) in [5, 5.41) is 11.7. The molecule has 0 aromatic carbocycles. The highest BCUT2D eigenvalue weighted by atomic mass is 16.2. The van der Waals surface area contributed by atoms with Crippen LogP contribution in [-0.4, -0.2) is 61.7 Å². The molecule has 4 rings (SSSR count). The second-order valence-corrected chi connectivity index (χ2v) is 7.88. The highest BCUT2D eigenvalue weighted by molar-refractivity contribution is 5.76. The molecule has 0 spiro atoms. The van der Waals surface area contributed by atoms with Crippen molar-refractivity contribution in [3.8, 4) is 0 Å². The second kappa shape index (κ2) is 9.13. The second-order valence-electron chi connectivity index (χ2n) is 7.88. The smallest absolute Gasteiger partial charge is 0.256 e. The highest BCUT2D eigenvalue weighted by Gasteiger charge is 2.23. The Morgan fingerprint density at radius 1 is 1.00 bits per heavy atom. The van der Waals surface area contributed by atoms with Gasteiger partial charge in [0.15, 0.2) is 11.6 Å². The zero-order valence-corrected chi connectivity index (χ0v) is 18.4. The molecule has 1 fully saturated rings. The quantitative estimate of drug-likeness (QED) is 0.643. The van der Waals surface area contributed by atoms with Gasteiger partial charge < -0.3 is 15.1 Å². The Morgan fingerprint density at radius 3 is 2.47 bits per heavy atom. The van der Waals surface area contributed by atoms with Gasteiger partial charge in [0.1, 0.15) is 12.4 Å². The Morgan fingerprint density at radius 2 is 1.78 bits per heavy atom. The number of carbonyl (C=O) groups is 1. The number of hydrogen-bond donors (Lipinski definition) is 1. The van der Waals surface area contributed by atoms with E-state index in [1.165, 1.54) is 10.9 Å². The number of carbonyl (C=O) groups excluding carboxylic acids is 1. The lowest BCUT2D eigenvalue weighted by molar-refractivity contribution is -0.132. The summed E-state index contributed by atoms with van der Waals surface area (Å²) >= 11 is 0. The van der Waals surface area contributed by atoms with Gasteiger partial charge in [0.05, 0.1) is 6.33 Å². The lowest BCUT2D eigenvalue weighted by Crippen LogP contribution is -2.50. The van der Waals surface area contributed by atoms with Gasteiger partial charge in [-0.15, -0.1) is 10.2 Å². The lowest BCUT2D eigenvalue weighted by Gasteiger charge is -2.35. The van der Waals surface area contributed by atoms with Crippen LogP contribution in [0, 0.1) is 20.8 Å². The zero-order chi connectivity index (χ0) is 22.7. The number of amides is 1. The van der Waals surface area contributed by atoms with Crippen molar-refractivity contribution in [1.82, 2.24) is 29.6 Å². The van der Waals surface area contributed by atoms with Gasteiger partial charge in [0.25, 0.3) is 5.56 Å². The average Bonchev–Trinajstić information content (AvgIpc) is 2.80. The van der Waals surface area contributed by atoms with Crippen molar-refractivity contribution in [2.75, 3.05) is 36.4 Å². The van der Waals surface area contributed by atoms with Crippen molar-refractivity contribution in [3.05, 3.63) is 64.0 Å². The predicted molar refractivity (Wildman–Crippen MR) is 121 cm³/mol. The monoisotopic (exact) mass is 434 g/mol. The van der Waals surface area contributed by atoms with Crippen LogP contribution in [0.1, 0.15) is 16.8 Å². The fourth-order valence-corrected chi connectivity index (χ4v) is 3.52. The minimum absolute atomic E-state index is 0.000120. The van der Waals surface area contributed by atoms with Crippen molar-refractivity contribution in [2.45, 2.75) is 27.3 Å². The molecule has 3 aromatic rings. The maximum atomic E-state index is 12.7. The third-order valence-electron chi connectivity index (χ3n) is 5.60. The van der Waals surface area contributed by atoms with E-state index >= 15 is 0 Å². The van der Waals surface area contributed by atoms with E-state index in [-0.39, 0.29) is 18.0 Å². The van der Waals surface area contributed by atoms with Crippen LogP contribution >= 0.6 is 0 Å². The molecule has 1 saturated heterocycles. The molecule has 0 unspecified atom stereocenters. The Kier molecular flexibility index (Phi) is 6.11. The van der Waals surface area contributed by atoms with E-state index in [0.29, 0.717) is 43.3 Å². The maximum Gasteiger partial charge on any atom is 0.256 e. The summed E-state index contributed by atoms with van der Waals surface area (Å²) in [5.74, 6) is 2.01. The van der Waals surface area contributed by atoms with Crippen LogP contribution in [0.15, 0.2) is 41.6 Å². The molecule has 0 aliphatic carbocycles. The molecule has 0 atom stereocenters. The molecule has 4 heterocycles. The van der Waals surface area contributed by atoms with Crippen molar-refractivity contribution < 1.29 is 4.79 Å². The number of rotatable bonds is 5.